The van der Waals surface area contributed by atoms with Gasteiger partial charge in [-0.25, -0.2) is 0 Å². The Bertz CT molecular complexity index is 395. The van der Waals surface area contributed by atoms with Crippen LogP contribution >= 0.6 is 11.8 Å². The third kappa shape index (κ3) is 3.52. The zero-order valence-electron chi connectivity index (χ0n) is 11.7. The molecule has 0 bridgehead atoms. The standard InChI is InChI=1S/C14H23N3OS/c1-12-10-13(15-18-12)11-16-4-2-14(3-5-16)17-6-8-19-9-7-17/h10,14H,2-9,11H2,1H3. The van der Waals surface area contributed by atoms with E-state index in [1.165, 1.54) is 50.5 Å². The van der Waals surface area contributed by atoms with E-state index in [2.05, 4.69) is 26.7 Å². The monoisotopic (exact) mass is 281 g/mol. The molecule has 0 aliphatic carbocycles. The van der Waals surface area contributed by atoms with Gasteiger partial charge in [0.1, 0.15) is 5.76 Å². The first-order chi connectivity index (χ1) is 9.31. The third-order valence-corrected chi connectivity index (χ3v) is 5.12. The van der Waals surface area contributed by atoms with Crippen LogP contribution in [0.5, 0.6) is 0 Å². The quantitative estimate of drug-likeness (QED) is 0.846. The number of piperidine rings is 1. The van der Waals surface area contributed by atoms with Crippen LogP contribution in [0.3, 0.4) is 0 Å². The van der Waals surface area contributed by atoms with Gasteiger partial charge in [-0.1, -0.05) is 5.16 Å². The molecule has 19 heavy (non-hydrogen) atoms. The molecule has 106 valence electrons. The van der Waals surface area contributed by atoms with E-state index < -0.39 is 0 Å². The zero-order valence-corrected chi connectivity index (χ0v) is 12.5. The number of rotatable bonds is 3. The van der Waals surface area contributed by atoms with Crippen LogP contribution in [0.15, 0.2) is 10.6 Å². The van der Waals surface area contributed by atoms with Crippen LogP contribution in [0, 0.1) is 6.92 Å². The Morgan fingerprint density at radius 1 is 1.26 bits per heavy atom. The molecule has 2 saturated heterocycles. The van der Waals surface area contributed by atoms with Crippen molar-refractivity contribution in [2.45, 2.75) is 32.4 Å². The van der Waals surface area contributed by atoms with Crippen LogP contribution in [-0.2, 0) is 6.54 Å². The molecule has 1 aromatic heterocycles. The molecule has 0 unspecified atom stereocenters. The average Bonchev–Trinajstić information content (AvgIpc) is 2.86. The molecular weight excluding hydrogens is 258 g/mol. The lowest BCUT2D eigenvalue weighted by molar-refractivity contribution is 0.111. The van der Waals surface area contributed by atoms with Crippen molar-refractivity contribution in [1.29, 1.82) is 0 Å². The van der Waals surface area contributed by atoms with Gasteiger partial charge < -0.3 is 4.52 Å². The number of nitrogens with zero attached hydrogens (tertiary/aromatic N) is 3. The highest BCUT2D eigenvalue weighted by Crippen LogP contribution is 2.21. The van der Waals surface area contributed by atoms with Gasteiger partial charge in [0.15, 0.2) is 0 Å². The smallest absolute Gasteiger partial charge is 0.133 e. The number of likely N-dealkylation sites (tertiary alicyclic amines) is 1. The fraction of sp³-hybridized carbons (Fsp3) is 0.786. The summed E-state index contributed by atoms with van der Waals surface area (Å²) in [6, 6.07) is 2.87. The van der Waals surface area contributed by atoms with Crippen LogP contribution in [0.4, 0.5) is 0 Å². The van der Waals surface area contributed by atoms with Crippen LogP contribution < -0.4 is 0 Å². The zero-order chi connectivity index (χ0) is 13.1. The lowest BCUT2D eigenvalue weighted by atomic mass is 10.0. The lowest BCUT2D eigenvalue weighted by Crippen LogP contribution is -2.47. The van der Waals surface area contributed by atoms with Gasteiger partial charge in [0, 0.05) is 56.3 Å². The molecule has 1 aromatic rings. The first-order valence-electron chi connectivity index (χ1n) is 7.27. The van der Waals surface area contributed by atoms with E-state index in [4.69, 9.17) is 4.52 Å². The van der Waals surface area contributed by atoms with Gasteiger partial charge in [0.2, 0.25) is 0 Å². The number of hydrogen-bond donors (Lipinski definition) is 0. The molecule has 0 aromatic carbocycles. The van der Waals surface area contributed by atoms with Crippen molar-refractivity contribution in [3.8, 4) is 0 Å². The minimum Gasteiger partial charge on any atom is -0.361 e. The second-order valence-electron chi connectivity index (χ2n) is 5.58. The van der Waals surface area contributed by atoms with Crippen molar-refractivity contribution >= 4 is 11.8 Å². The van der Waals surface area contributed by atoms with E-state index in [0.717, 1.165) is 24.0 Å². The SMILES string of the molecule is Cc1cc(CN2CCC(N3CCSCC3)CC2)no1. The topological polar surface area (TPSA) is 32.5 Å². The molecule has 2 fully saturated rings. The maximum Gasteiger partial charge on any atom is 0.133 e. The Labute approximate surface area is 119 Å². The molecule has 4 nitrogen and oxygen atoms in total. The van der Waals surface area contributed by atoms with Gasteiger partial charge in [-0.3, -0.25) is 9.80 Å². The summed E-state index contributed by atoms with van der Waals surface area (Å²) in [6.45, 7) is 7.87. The average molecular weight is 281 g/mol. The van der Waals surface area contributed by atoms with Crippen molar-refractivity contribution in [2.75, 3.05) is 37.7 Å². The predicted molar refractivity (Wildman–Crippen MR) is 78.4 cm³/mol. The Kier molecular flexibility index (Phi) is 4.45. The summed E-state index contributed by atoms with van der Waals surface area (Å²) in [6.07, 6.45) is 2.61. The van der Waals surface area contributed by atoms with Gasteiger partial charge in [-0.05, 0) is 19.8 Å². The summed E-state index contributed by atoms with van der Waals surface area (Å²) < 4.78 is 5.14. The van der Waals surface area contributed by atoms with Gasteiger partial charge >= 0.3 is 0 Å². The van der Waals surface area contributed by atoms with Gasteiger partial charge in [0.25, 0.3) is 0 Å². The molecule has 2 aliphatic heterocycles. The summed E-state index contributed by atoms with van der Waals surface area (Å²) >= 11 is 2.10. The number of thioether (sulfide) groups is 1. The Morgan fingerprint density at radius 3 is 2.63 bits per heavy atom. The molecule has 3 heterocycles. The van der Waals surface area contributed by atoms with E-state index in [9.17, 15) is 0 Å². The van der Waals surface area contributed by atoms with Gasteiger partial charge in [0.05, 0.1) is 5.69 Å². The number of aryl methyl sites for hydroxylation is 1. The molecule has 0 amide bonds. The van der Waals surface area contributed by atoms with Gasteiger partial charge in [-0.2, -0.15) is 11.8 Å². The van der Waals surface area contributed by atoms with Crippen LogP contribution in [-0.4, -0.2) is 58.7 Å². The van der Waals surface area contributed by atoms with Crippen LogP contribution in [0.2, 0.25) is 0 Å². The Morgan fingerprint density at radius 2 is 2.00 bits per heavy atom. The molecule has 0 atom stereocenters. The highest BCUT2D eigenvalue weighted by Gasteiger charge is 2.25. The molecule has 2 aliphatic rings. The number of hydrogen-bond acceptors (Lipinski definition) is 5. The minimum atomic E-state index is 0.816. The summed E-state index contributed by atoms with van der Waals surface area (Å²) in [7, 11) is 0. The summed E-state index contributed by atoms with van der Waals surface area (Å²) in [4.78, 5) is 5.21. The van der Waals surface area contributed by atoms with Crippen molar-refractivity contribution in [1.82, 2.24) is 15.0 Å². The fourth-order valence-corrected chi connectivity index (χ4v) is 4.04. The van der Waals surface area contributed by atoms with Crippen molar-refractivity contribution < 1.29 is 4.52 Å². The summed E-state index contributed by atoms with van der Waals surface area (Å²) in [5, 5.41) is 4.09. The molecule has 0 saturated carbocycles. The predicted octanol–water partition coefficient (Wildman–Crippen LogP) is 2.00. The fourth-order valence-electron chi connectivity index (χ4n) is 3.11. The van der Waals surface area contributed by atoms with Crippen molar-refractivity contribution in [3.63, 3.8) is 0 Å². The highest BCUT2D eigenvalue weighted by molar-refractivity contribution is 7.99. The first kappa shape index (κ1) is 13.5. The maximum atomic E-state index is 5.14. The summed E-state index contributed by atoms with van der Waals surface area (Å²) in [5.74, 6) is 3.55. The van der Waals surface area contributed by atoms with Crippen LogP contribution in [0.25, 0.3) is 0 Å². The maximum absolute atomic E-state index is 5.14. The molecule has 3 rings (SSSR count). The second-order valence-corrected chi connectivity index (χ2v) is 6.81. The molecule has 0 spiro atoms. The first-order valence-corrected chi connectivity index (χ1v) is 8.43. The highest BCUT2D eigenvalue weighted by atomic mass is 32.2. The van der Waals surface area contributed by atoms with Crippen molar-refractivity contribution in [3.05, 3.63) is 17.5 Å². The van der Waals surface area contributed by atoms with Gasteiger partial charge in [-0.15, -0.1) is 0 Å². The number of aromatic nitrogens is 1. The minimum absolute atomic E-state index is 0.816. The molecular formula is C14H23N3OS. The second kappa shape index (κ2) is 6.29. The Balaban J connectivity index is 1.46. The van der Waals surface area contributed by atoms with E-state index in [-0.39, 0.29) is 0 Å². The van der Waals surface area contributed by atoms with E-state index in [1.54, 1.807) is 0 Å². The molecule has 0 N–H and O–H groups in total. The van der Waals surface area contributed by atoms with Crippen molar-refractivity contribution in [2.24, 2.45) is 0 Å². The normalized spacial score (nSPS) is 23.8. The van der Waals surface area contributed by atoms with E-state index in [0.29, 0.717) is 0 Å². The third-order valence-electron chi connectivity index (χ3n) is 4.18. The Hall–Kier alpha value is -0.520. The molecule has 5 heteroatoms. The van der Waals surface area contributed by atoms with Crippen LogP contribution in [0.1, 0.15) is 24.3 Å². The lowest BCUT2D eigenvalue weighted by Gasteiger charge is -2.39. The summed E-state index contributed by atoms with van der Waals surface area (Å²) in [5.41, 5.74) is 1.07. The largest absolute Gasteiger partial charge is 0.361 e. The van der Waals surface area contributed by atoms with E-state index >= 15 is 0 Å². The van der Waals surface area contributed by atoms with E-state index in [1.807, 2.05) is 13.0 Å². The molecule has 0 radical (unpaired) electrons.